The average molecular weight is 637 g/mol. The number of amides is 3. The number of hydrogen-bond donors (Lipinski definition) is 0. The van der Waals surface area contributed by atoms with Gasteiger partial charge in [-0.1, -0.05) is 84.3 Å². The highest BCUT2D eigenvalue weighted by atomic mass is 16.2. The molecule has 0 saturated carbocycles. The lowest BCUT2D eigenvalue weighted by Crippen LogP contribution is -2.42. The molecule has 0 aromatic heterocycles. The van der Waals surface area contributed by atoms with Gasteiger partial charge < -0.3 is 0 Å². The Morgan fingerprint density at radius 3 is 1.06 bits per heavy atom. The Kier molecular flexibility index (Phi) is 6.20. The van der Waals surface area contributed by atoms with Gasteiger partial charge in [-0.2, -0.15) is 0 Å². The van der Waals surface area contributed by atoms with E-state index in [1.807, 2.05) is 149 Å². The van der Waals surface area contributed by atoms with Gasteiger partial charge in [-0.3, -0.25) is 34.0 Å². The summed E-state index contributed by atoms with van der Waals surface area (Å²) in [5, 5.41) is 0. The van der Waals surface area contributed by atoms with Crippen molar-refractivity contribution >= 4 is 82.2 Å². The summed E-state index contributed by atoms with van der Waals surface area (Å²) in [6.45, 7) is 3.86. The third-order valence-electron chi connectivity index (χ3n) is 9.83. The van der Waals surface area contributed by atoms with Gasteiger partial charge in [0.15, 0.2) is 0 Å². The van der Waals surface area contributed by atoms with Crippen LogP contribution in [-0.4, -0.2) is 25.6 Å². The Morgan fingerprint density at radius 2 is 0.714 bits per heavy atom. The number of nitrogens with zero attached hydrogens (tertiary/aromatic N) is 4. The van der Waals surface area contributed by atoms with Crippen molar-refractivity contribution < 1.29 is 14.4 Å². The summed E-state index contributed by atoms with van der Waals surface area (Å²) in [5.74, 6) is -0.590. The molecule has 3 aliphatic rings. The van der Waals surface area contributed by atoms with Gasteiger partial charge in [-0.25, -0.2) is 0 Å². The molecule has 0 N–H and O–H groups in total. The van der Waals surface area contributed by atoms with Crippen LogP contribution < -0.4 is 25.1 Å². The lowest BCUT2D eigenvalue weighted by Gasteiger charge is -2.50. The predicted molar refractivity (Wildman–Crippen MR) is 198 cm³/mol. The molecule has 0 fully saturated rings. The summed E-state index contributed by atoms with van der Waals surface area (Å²) < 4.78 is 0. The zero-order chi connectivity index (χ0) is 33.6. The van der Waals surface area contributed by atoms with Gasteiger partial charge in [0.2, 0.25) is 0 Å². The molecule has 7 nitrogen and oxygen atoms in total. The second-order valence-corrected chi connectivity index (χ2v) is 12.6. The van der Waals surface area contributed by atoms with Crippen molar-refractivity contribution in [2.75, 3.05) is 19.6 Å². The summed E-state index contributed by atoms with van der Waals surface area (Å²) in [6.07, 6.45) is 0. The molecule has 6 aromatic rings. The van der Waals surface area contributed by atoms with E-state index in [9.17, 15) is 14.4 Å². The number of carbonyl (C=O) groups is 3. The molecule has 0 saturated heterocycles. The third kappa shape index (κ3) is 3.94. The molecule has 8 heteroatoms. The minimum Gasteiger partial charge on any atom is -0.299 e. The van der Waals surface area contributed by atoms with Crippen LogP contribution in [-0.2, 0) is 0 Å². The number of aryl methyl sites for hydroxylation is 2. The van der Waals surface area contributed by atoms with Crippen molar-refractivity contribution in [2.45, 2.75) is 13.8 Å². The standard InChI is InChI=1S/C41H29BN4O3/c1-24-12-3-5-14-26(24)39(47)43-30-18-9-19-31-36(30)46-37-32(43)20-10-22-34(37)45(41(49)28-16-7-8-17-29(28)42)35-23-11-21-33(38(35)46)44(31)40(48)27-15-6-4-13-25(27)2/h3-23H,42H2,1-2H3. The zero-order valence-corrected chi connectivity index (χ0v) is 27.1. The number of carbonyl (C=O) groups excluding carboxylic acids is 3. The molecule has 0 unspecified atom stereocenters. The SMILES string of the molecule is Bc1ccccc1C(=O)N1c2cccc3c2N2c4c1cccc4N(C(=O)c1ccccc1C)c1cccc(c12)N3C(=O)c1ccccc1C. The third-order valence-corrected chi connectivity index (χ3v) is 9.83. The highest BCUT2D eigenvalue weighted by molar-refractivity contribution is 6.38. The molecule has 0 bridgehead atoms. The molecule has 3 aliphatic heterocycles. The molecule has 234 valence electrons. The van der Waals surface area contributed by atoms with Crippen molar-refractivity contribution in [1.29, 1.82) is 0 Å². The Labute approximate surface area is 284 Å². The Morgan fingerprint density at radius 1 is 0.408 bits per heavy atom. The van der Waals surface area contributed by atoms with E-state index in [2.05, 4.69) is 4.90 Å². The first-order chi connectivity index (χ1) is 23.9. The fourth-order valence-corrected chi connectivity index (χ4v) is 7.51. The quantitative estimate of drug-likeness (QED) is 0.185. The van der Waals surface area contributed by atoms with Gasteiger partial charge in [-0.05, 0) is 73.5 Å². The van der Waals surface area contributed by atoms with Crippen molar-refractivity contribution in [3.05, 3.63) is 155 Å². The first-order valence-corrected chi connectivity index (χ1v) is 16.3. The van der Waals surface area contributed by atoms with Crippen LogP contribution in [0.2, 0.25) is 0 Å². The van der Waals surface area contributed by atoms with Gasteiger partial charge in [0, 0.05) is 16.7 Å². The van der Waals surface area contributed by atoms with Crippen molar-refractivity contribution in [3.8, 4) is 0 Å². The molecule has 0 radical (unpaired) electrons. The van der Waals surface area contributed by atoms with E-state index in [1.165, 1.54) is 0 Å². The number of para-hydroxylation sites is 3. The molecule has 6 aromatic carbocycles. The zero-order valence-electron chi connectivity index (χ0n) is 27.1. The topological polar surface area (TPSA) is 64.2 Å². The summed E-state index contributed by atoms with van der Waals surface area (Å²) in [7, 11) is 1.93. The maximum atomic E-state index is 14.8. The van der Waals surface area contributed by atoms with Gasteiger partial charge >= 0.3 is 0 Å². The molecule has 0 aliphatic carbocycles. The molecule has 0 spiro atoms. The van der Waals surface area contributed by atoms with E-state index in [0.29, 0.717) is 67.9 Å². The molecular weight excluding hydrogens is 607 g/mol. The molecule has 49 heavy (non-hydrogen) atoms. The number of rotatable bonds is 3. The van der Waals surface area contributed by atoms with E-state index in [4.69, 9.17) is 0 Å². The maximum absolute atomic E-state index is 14.8. The molecular formula is C41H29BN4O3. The van der Waals surface area contributed by atoms with Gasteiger partial charge in [0.05, 0.1) is 51.2 Å². The number of hydrogen-bond acceptors (Lipinski definition) is 4. The summed E-state index contributed by atoms with van der Waals surface area (Å²) in [6, 6.07) is 39.9. The highest BCUT2D eigenvalue weighted by Gasteiger charge is 2.48. The van der Waals surface area contributed by atoms with Crippen molar-refractivity contribution in [1.82, 2.24) is 0 Å². The van der Waals surface area contributed by atoms with Gasteiger partial charge in [0.25, 0.3) is 17.7 Å². The number of benzene rings is 6. The van der Waals surface area contributed by atoms with Crippen LogP contribution in [0.1, 0.15) is 42.2 Å². The first kappa shape index (κ1) is 28.8. The van der Waals surface area contributed by atoms with Gasteiger partial charge in [0.1, 0.15) is 7.85 Å². The van der Waals surface area contributed by atoms with Crippen LogP contribution in [0.3, 0.4) is 0 Å². The van der Waals surface area contributed by atoms with E-state index in [1.54, 1.807) is 14.7 Å². The smallest absolute Gasteiger partial charge is 0.263 e. The maximum Gasteiger partial charge on any atom is 0.263 e. The summed E-state index contributed by atoms with van der Waals surface area (Å²) >= 11 is 0. The highest BCUT2D eigenvalue weighted by Crippen LogP contribution is 2.67. The minimum atomic E-state index is -0.197. The average Bonchev–Trinajstić information content (AvgIpc) is 3.12. The lowest BCUT2D eigenvalue weighted by molar-refractivity contribution is 0.0992. The fraction of sp³-hybridized carbons (Fsp3) is 0.0488. The second-order valence-electron chi connectivity index (χ2n) is 12.6. The van der Waals surface area contributed by atoms with E-state index >= 15 is 0 Å². The molecule has 3 heterocycles. The van der Waals surface area contributed by atoms with E-state index < -0.39 is 0 Å². The summed E-state index contributed by atoms with van der Waals surface area (Å²) in [4.78, 5) is 51.6. The lowest BCUT2D eigenvalue weighted by atomic mass is 9.89. The Bertz CT molecular complexity index is 2100. The van der Waals surface area contributed by atoms with Crippen LogP contribution in [0.4, 0.5) is 51.2 Å². The predicted octanol–water partition coefficient (Wildman–Crippen LogP) is 7.91. The second kappa shape index (κ2) is 10.6. The van der Waals surface area contributed by atoms with Crippen LogP contribution in [0.5, 0.6) is 0 Å². The Hall–Kier alpha value is -6.41. The normalized spacial score (nSPS) is 13.3. The largest absolute Gasteiger partial charge is 0.299 e. The van der Waals surface area contributed by atoms with E-state index in [0.717, 1.165) is 16.6 Å². The van der Waals surface area contributed by atoms with Crippen LogP contribution in [0.25, 0.3) is 0 Å². The van der Waals surface area contributed by atoms with Crippen molar-refractivity contribution in [3.63, 3.8) is 0 Å². The van der Waals surface area contributed by atoms with Crippen LogP contribution in [0, 0.1) is 13.8 Å². The van der Waals surface area contributed by atoms with E-state index in [-0.39, 0.29) is 17.7 Å². The van der Waals surface area contributed by atoms with Crippen LogP contribution >= 0.6 is 0 Å². The Balaban J connectivity index is 1.38. The number of anilines is 9. The van der Waals surface area contributed by atoms with Crippen molar-refractivity contribution in [2.24, 2.45) is 0 Å². The monoisotopic (exact) mass is 636 g/mol. The molecule has 9 rings (SSSR count). The minimum absolute atomic E-state index is 0.197. The molecule has 0 atom stereocenters. The first-order valence-electron chi connectivity index (χ1n) is 16.3. The van der Waals surface area contributed by atoms with Gasteiger partial charge in [-0.15, -0.1) is 0 Å². The fourth-order valence-electron chi connectivity index (χ4n) is 7.51. The summed E-state index contributed by atoms with van der Waals surface area (Å²) in [5.41, 5.74) is 10.3. The molecule has 3 amide bonds. The van der Waals surface area contributed by atoms with Crippen LogP contribution in [0.15, 0.2) is 127 Å².